The summed E-state index contributed by atoms with van der Waals surface area (Å²) < 4.78 is 0.901. The van der Waals surface area contributed by atoms with E-state index in [9.17, 15) is 19.2 Å². The summed E-state index contributed by atoms with van der Waals surface area (Å²) in [6.45, 7) is 1.96. The number of amides is 2. The van der Waals surface area contributed by atoms with Gasteiger partial charge in [0.2, 0.25) is 0 Å². The summed E-state index contributed by atoms with van der Waals surface area (Å²) in [5.41, 5.74) is 4.12. The molecule has 1 radical (unpaired) electrons. The van der Waals surface area contributed by atoms with Gasteiger partial charge >= 0.3 is 0 Å². The van der Waals surface area contributed by atoms with E-state index < -0.39 is 0 Å². The van der Waals surface area contributed by atoms with Crippen LogP contribution in [0.3, 0.4) is 0 Å². The molecular formula is C39H27BBrN2O4. The van der Waals surface area contributed by atoms with E-state index in [0.717, 1.165) is 60.5 Å². The lowest BCUT2D eigenvalue weighted by molar-refractivity contribution is 0.0986. The van der Waals surface area contributed by atoms with Gasteiger partial charge in [-0.3, -0.25) is 19.2 Å². The Morgan fingerprint density at radius 3 is 1.32 bits per heavy atom. The summed E-state index contributed by atoms with van der Waals surface area (Å²) in [5, 5.41) is 5.98. The van der Waals surface area contributed by atoms with Gasteiger partial charge in [-0.05, 0) is 80.8 Å². The second-order valence-electron chi connectivity index (χ2n) is 11.5. The third-order valence-electron chi connectivity index (χ3n) is 9.12. The van der Waals surface area contributed by atoms with Crippen molar-refractivity contribution in [2.24, 2.45) is 0 Å². The van der Waals surface area contributed by atoms with Gasteiger partial charge in [0.1, 0.15) is 7.28 Å². The number of halogens is 1. The Labute approximate surface area is 280 Å². The topological polar surface area (TPSA) is 74.8 Å². The van der Waals surface area contributed by atoms with Crippen LogP contribution in [0, 0.1) is 0 Å². The van der Waals surface area contributed by atoms with E-state index in [-0.39, 0.29) is 11.8 Å². The molecule has 47 heavy (non-hydrogen) atoms. The fourth-order valence-electron chi connectivity index (χ4n) is 6.65. The second-order valence-corrected chi connectivity index (χ2v) is 12.5. The van der Waals surface area contributed by atoms with E-state index in [2.05, 4.69) is 15.9 Å². The Morgan fingerprint density at radius 2 is 0.936 bits per heavy atom. The van der Waals surface area contributed by atoms with E-state index in [0.29, 0.717) is 38.7 Å². The molecule has 227 valence electrons. The molecule has 0 atom stereocenters. The molecule has 0 aliphatic heterocycles. The van der Waals surface area contributed by atoms with Crippen molar-refractivity contribution in [3.63, 3.8) is 0 Å². The van der Waals surface area contributed by atoms with Gasteiger partial charge in [0.25, 0.3) is 11.8 Å². The molecule has 7 rings (SSSR count). The minimum atomic E-state index is -0.250. The van der Waals surface area contributed by atoms with Crippen LogP contribution < -0.4 is 15.3 Å². The van der Waals surface area contributed by atoms with Crippen molar-refractivity contribution >= 4 is 108 Å². The first kappa shape index (κ1) is 30.3. The molecular weight excluding hydrogens is 651 g/mol. The molecule has 0 saturated carbocycles. The Hall–Kier alpha value is -5.34. The zero-order valence-corrected chi connectivity index (χ0v) is 27.5. The first-order valence-electron chi connectivity index (χ1n) is 15.1. The molecule has 0 bridgehead atoms. The number of benzene rings is 7. The number of carbonyl (C=O) groups is 4. The second kappa shape index (κ2) is 11.8. The summed E-state index contributed by atoms with van der Waals surface area (Å²) in [4.78, 5) is 56.1. The summed E-state index contributed by atoms with van der Waals surface area (Å²) >= 11 is 3.44. The van der Waals surface area contributed by atoms with Crippen molar-refractivity contribution in [2.45, 2.75) is 6.82 Å². The van der Waals surface area contributed by atoms with Crippen LogP contribution in [0.2, 0.25) is 6.82 Å². The third kappa shape index (κ3) is 4.79. The molecule has 0 saturated heterocycles. The van der Waals surface area contributed by atoms with E-state index in [1.165, 1.54) is 0 Å². The zero-order chi connectivity index (χ0) is 33.0. The molecule has 0 spiro atoms. The lowest BCUT2D eigenvalue weighted by Crippen LogP contribution is -2.27. The van der Waals surface area contributed by atoms with Crippen molar-refractivity contribution in [2.75, 3.05) is 23.9 Å². The molecule has 0 fully saturated rings. The van der Waals surface area contributed by atoms with Crippen LogP contribution in [0.5, 0.6) is 0 Å². The van der Waals surface area contributed by atoms with Crippen molar-refractivity contribution in [3.05, 3.63) is 124 Å². The average Bonchev–Trinajstić information content (AvgIpc) is 3.12. The fourth-order valence-corrected chi connectivity index (χ4v) is 6.91. The minimum Gasteiger partial charge on any atom is -0.311 e. The van der Waals surface area contributed by atoms with Gasteiger partial charge in [-0.25, -0.2) is 0 Å². The number of fused-ring (bicyclic) bond motifs is 2. The Kier molecular flexibility index (Phi) is 7.61. The normalized spacial score (nSPS) is 11.3. The number of rotatable bonds is 7. The molecule has 0 N–H and O–H groups in total. The van der Waals surface area contributed by atoms with Gasteiger partial charge in [-0.2, -0.15) is 0 Å². The Balaban J connectivity index is 1.48. The summed E-state index contributed by atoms with van der Waals surface area (Å²) in [7, 11) is 5.43. The quantitative estimate of drug-likeness (QED) is 0.0741. The van der Waals surface area contributed by atoms with Crippen LogP contribution in [0.25, 0.3) is 43.1 Å². The van der Waals surface area contributed by atoms with Gasteiger partial charge < -0.3 is 9.80 Å². The monoisotopic (exact) mass is 677 g/mol. The van der Waals surface area contributed by atoms with Gasteiger partial charge in [0.05, 0.1) is 0 Å². The summed E-state index contributed by atoms with van der Waals surface area (Å²) in [6, 6.07) is 29.7. The van der Waals surface area contributed by atoms with Gasteiger partial charge in [-0.15, -0.1) is 0 Å². The fraction of sp³-hybridized carbons (Fsp3) is 0.0769. The lowest BCUT2D eigenvalue weighted by atomic mass is 9.73. The molecule has 6 nitrogen and oxygen atoms in total. The third-order valence-corrected chi connectivity index (χ3v) is 9.65. The number of nitrogens with zero attached hydrogens (tertiary/aromatic N) is 2. The molecule has 2 amide bonds. The molecule has 0 aliphatic carbocycles. The number of carbonyl (C=O) groups excluding carboxylic acids is 4. The maximum atomic E-state index is 14.1. The number of anilines is 2. The van der Waals surface area contributed by atoms with Crippen LogP contribution in [-0.2, 0) is 0 Å². The lowest BCUT2D eigenvalue weighted by Gasteiger charge is -2.23. The van der Waals surface area contributed by atoms with Crippen LogP contribution in [-0.4, -0.2) is 45.8 Å². The highest BCUT2D eigenvalue weighted by atomic mass is 79.9. The predicted molar refractivity (Wildman–Crippen MR) is 196 cm³/mol. The maximum Gasteiger partial charge on any atom is 0.258 e. The number of hydrogen-bond donors (Lipinski definition) is 0. The van der Waals surface area contributed by atoms with Gasteiger partial charge in [-0.1, -0.05) is 76.7 Å². The molecule has 0 unspecified atom stereocenters. The molecule has 7 aromatic rings. The van der Waals surface area contributed by atoms with Gasteiger partial charge in [0.15, 0.2) is 12.6 Å². The highest BCUT2D eigenvalue weighted by Crippen LogP contribution is 2.44. The minimum absolute atomic E-state index is 0.241. The zero-order valence-electron chi connectivity index (χ0n) is 25.9. The maximum absolute atomic E-state index is 14.1. The van der Waals surface area contributed by atoms with Crippen molar-refractivity contribution in [1.29, 1.82) is 0 Å². The number of aldehydes is 2. The molecule has 0 heterocycles. The highest BCUT2D eigenvalue weighted by Gasteiger charge is 2.25. The standard InChI is InChI=1S/C39H27BBrN2O4/c1-40-24-6-10-26(11-7-24)42(2)38(46)32-18-16-30-29-15-5-23(21-45)35-33(39(47)43(3)27-12-8-25(41)9-13-27)19-17-31(37(29)35)28-14-4-22(20-44)34(32)36(28)30/h4-21H,1-3H3. The van der Waals surface area contributed by atoms with Crippen LogP contribution >= 0.6 is 15.9 Å². The molecule has 0 aliphatic rings. The Bertz CT molecular complexity index is 2380. The van der Waals surface area contributed by atoms with Gasteiger partial charge in [0, 0.05) is 63.0 Å². The summed E-state index contributed by atoms with van der Waals surface area (Å²) in [5.74, 6) is -0.491. The van der Waals surface area contributed by atoms with Crippen LogP contribution in [0.4, 0.5) is 11.4 Å². The van der Waals surface area contributed by atoms with Crippen molar-refractivity contribution < 1.29 is 19.2 Å². The molecule has 7 aromatic carbocycles. The Morgan fingerprint density at radius 1 is 0.553 bits per heavy atom. The molecule has 8 heteroatoms. The number of hydrogen-bond acceptors (Lipinski definition) is 4. The summed E-state index contributed by atoms with van der Waals surface area (Å²) in [6.07, 6.45) is 1.56. The van der Waals surface area contributed by atoms with Crippen molar-refractivity contribution in [3.8, 4) is 0 Å². The highest BCUT2D eigenvalue weighted by molar-refractivity contribution is 9.10. The molecule has 0 aromatic heterocycles. The smallest absolute Gasteiger partial charge is 0.258 e. The van der Waals surface area contributed by atoms with Crippen molar-refractivity contribution in [1.82, 2.24) is 0 Å². The largest absolute Gasteiger partial charge is 0.311 e. The average molecular weight is 678 g/mol. The predicted octanol–water partition coefficient (Wildman–Crippen LogP) is 8.06. The SMILES string of the molecule is C[B]c1ccc(N(C)C(=O)c2ccc3c4ccc(C=O)c5c(C(=O)N(C)c6ccc(Br)cc6)ccc(c6ccc(C=O)c2c63)c54)cc1. The van der Waals surface area contributed by atoms with E-state index >= 15 is 0 Å². The first-order chi connectivity index (χ1) is 22.8. The van der Waals surface area contributed by atoms with E-state index in [4.69, 9.17) is 0 Å². The first-order valence-corrected chi connectivity index (χ1v) is 15.9. The van der Waals surface area contributed by atoms with Crippen LogP contribution in [0.15, 0.2) is 102 Å². The van der Waals surface area contributed by atoms with Crippen LogP contribution in [0.1, 0.15) is 41.4 Å². The van der Waals surface area contributed by atoms with E-state index in [1.54, 1.807) is 48.2 Å². The van der Waals surface area contributed by atoms with E-state index in [1.807, 2.05) is 86.9 Å².